The Labute approximate surface area is 115 Å². The van der Waals surface area contributed by atoms with Crippen LogP contribution < -0.4 is 0 Å². The lowest BCUT2D eigenvalue weighted by Gasteiger charge is -2.11. The SMILES string of the molecule is OC(Cc1cccs1)Cc1ccc(Cl)cc1Cl. The van der Waals surface area contributed by atoms with Gasteiger partial charge in [-0.3, -0.25) is 0 Å². The van der Waals surface area contributed by atoms with Crippen LogP contribution in [0.1, 0.15) is 10.4 Å². The Morgan fingerprint density at radius 1 is 1.18 bits per heavy atom. The van der Waals surface area contributed by atoms with E-state index < -0.39 is 6.10 Å². The summed E-state index contributed by atoms with van der Waals surface area (Å²) >= 11 is 13.5. The van der Waals surface area contributed by atoms with E-state index in [0.29, 0.717) is 22.9 Å². The summed E-state index contributed by atoms with van der Waals surface area (Å²) in [6.07, 6.45) is 0.803. The smallest absolute Gasteiger partial charge is 0.0629 e. The second kappa shape index (κ2) is 5.87. The number of hydrogen-bond donors (Lipinski definition) is 1. The van der Waals surface area contributed by atoms with Crippen LogP contribution in [0.4, 0.5) is 0 Å². The summed E-state index contributed by atoms with van der Waals surface area (Å²) in [5.41, 5.74) is 0.931. The summed E-state index contributed by atoms with van der Waals surface area (Å²) in [6.45, 7) is 0. The number of aliphatic hydroxyl groups is 1. The molecule has 0 radical (unpaired) electrons. The second-order valence-corrected chi connectivity index (χ2v) is 5.75. The fourth-order valence-corrected chi connectivity index (χ4v) is 2.94. The number of benzene rings is 1. The van der Waals surface area contributed by atoms with Gasteiger partial charge in [0.1, 0.15) is 0 Å². The first-order valence-electron chi connectivity index (χ1n) is 5.29. The van der Waals surface area contributed by atoms with Gasteiger partial charge < -0.3 is 5.11 Å². The minimum atomic E-state index is -0.410. The molecule has 0 aliphatic heterocycles. The maximum atomic E-state index is 9.98. The Hall–Kier alpha value is -0.540. The third-order valence-corrected chi connectivity index (χ3v) is 3.97. The maximum absolute atomic E-state index is 9.98. The molecular formula is C13H12Cl2OS. The molecule has 17 heavy (non-hydrogen) atoms. The van der Waals surface area contributed by atoms with Crippen LogP contribution in [0.3, 0.4) is 0 Å². The maximum Gasteiger partial charge on any atom is 0.0629 e. The predicted octanol–water partition coefficient (Wildman–Crippen LogP) is 4.20. The topological polar surface area (TPSA) is 20.2 Å². The van der Waals surface area contributed by atoms with Crippen LogP contribution in [-0.4, -0.2) is 11.2 Å². The monoisotopic (exact) mass is 286 g/mol. The highest BCUT2D eigenvalue weighted by Crippen LogP contribution is 2.23. The molecule has 90 valence electrons. The minimum Gasteiger partial charge on any atom is -0.392 e. The van der Waals surface area contributed by atoms with E-state index in [0.717, 1.165) is 5.56 Å². The zero-order valence-electron chi connectivity index (χ0n) is 9.07. The molecule has 0 fully saturated rings. The van der Waals surface area contributed by atoms with Gasteiger partial charge in [-0.2, -0.15) is 0 Å². The molecule has 1 nitrogen and oxygen atoms in total. The van der Waals surface area contributed by atoms with E-state index in [4.69, 9.17) is 23.2 Å². The zero-order valence-corrected chi connectivity index (χ0v) is 11.4. The van der Waals surface area contributed by atoms with Crippen LogP contribution in [-0.2, 0) is 12.8 Å². The van der Waals surface area contributed by atoms with Crippen molar-refractivity contribution in [3.8, 4) is 0 Å². The van der Waals surface area contributed by atoms with Crippen molar-refractivity contribution in [1.82, 2.24) is 0 Å². The lowest BCUT2D eigenvalue weighted by Crippen LogP contribution is -2.13. The average Bonchev–Trinajstić information content (AvgIpc) is 2.75. The molecule has 1 unspecified atom stereocenters. The Kier molecular flexibility index (Phi) is 4.46. The molecule has 1 aromatic heterocycles. The molecule has 1 aromatic carbocycles. The quantitative estimate of drug-likeness (QED) is 0.893. The molecule has 0 bridgehead atoms. The van der Waals surface area contributed by atoms with E-state index in [1.165, 1.54) is 4.88 Å². The van der Waals surface area contributed by atoms with Gasteiger partial charge >= 0.3 is 0 Å². The van der Waals surface area contributed by atoms with Crippen molar-refractivity contribution in [1.29, 1.82) is 0 Å². The van der Waals surface area contributed by atoms with Crippen LogP contribution in [0.5, 0.6) is 0 Å². The summed E-state index contributed by atoms with van der Waals surface area (Å²) in [7, 11) is 0. The first kappa shape index (κ1) is 12.9. The summed E-state index contributed by atoms with van der Waals surface area (Å²) in [4.78, 5) is 1.18. The third-order valence-electron chi connectivity index (χ3n) is 2.49. The first-order chi connectivity index (χ1) is 8.15. The normalized spacial score (nSPS) is 12.6. The largest absolute Gasteiger partial charge is 0.392 e. The molecule has 2 aromatic rings. The van der Waals surface area contributed by atoms with Crippen LogP contribution >= 0.6 is 34.5 Å². The molecule has 1 heterocycles. The van der Waals surface area contributed by atoms with E-state index in [1.54, 1.807) is 23.5 Å². The van der Waals surface area contributed by atoms with Crippen molar-refractivity contribution in [2.45, 2.75) is 18.9 Å². The van der Waals surface area contributed by atoms with E-state index in [-0.39, 0.29) is 0 Å². The second-order valence-electron chi connectivity index (χ2n) is 3.88. The van der Waals surface area contributed by atoms with Gasteiger partial charge in [0.25, 0.3) is 0 Å². The van der Waals surface area contributed by atoms with E-state index in [2.05, 4.69) is 0 Å². The van der Waals surface area contributed by atoms with Gasteiger partial charge in [-0.25, -0.2) is 0 Å². The van der Waals surface area contributed by atoms with Gasteiger partial charge in [-0.15, -0.1) is 11.3 Å². The molecule has 1 N–H and O–H groups in total. The van der Waals surface area contributed by atoms with Crippen LogP contribution in [0.25, 0.3) is 0 Å². The molecule has 0 saturated carbocycles. The Balaban J connectivity index is 2.00. The van der Waals surface area contributed by atoms with Crippen molar-refractivity contribution < 1.29 is 5.11 Å². The highest BCUT2D eigenvalue weighted by Gasteiger charge is 2.10. The van der Waals surface area contributed by atoms with Crippen molar-refractivity contribution in [3.63, 3.8) is 0 Å². The molecule has 0 saturated heterocycles. The van der Waals surface area contributed by atoms with Gasteiger partial charge in [-0.05, 0) is 29.1 Å². The summed E-state index contributed by atoms with van der Waals surface area (Å²) in [6, 6.07) is 9.37. The number of aliphatic hydroxyl groups excluding tert-OH is 1. The van der Waals surface area contributed by atoms with Crippen molar-refractivity contribution >= 4 is 34.5 Å². The van der Waals surface area contributed by atoms with Gasteiger partial charge in [0.2, 0.25) is 0 Å². The summed E-state index contributed by atoms with van der Waals surface area (Å²) in [5.74, 6) is 0. The van der Waals surface area contributed by atoms with Crippen LogP contribution in [0, 0.1) is 0 Å². The Morgan fingerprint density at radius 2 is 2.00 bits per heavy atom. The van der Waals surface area contributed by atoms with E-state index in [9.17, 15) is 5.11 Å². The van der Waals surface area contributed by atoms with Crippen molar-refractivity contribution in [2.24, 2.45) is 0 Å². The Morgan fingerprint density at radius 3 is 2.65 bits per heavy atom. The van der Waals surface area contributed by atoms with E-state index >= 15 is 0 Å². The molecule has 0 spiro atoms. The van der Waals surface area contributed by atoms with Gasteiger partial charge in [0, 0.05) is 27.8 Å². The van der Waals surface area contributed by atoms with Gasteiger partial charge in [0.05, 0.1) is 6.10 Å². The van der Waals surface area contributed by atoms with Crippen molar-refractivity contribution in [3.05, 3.63) is 56.2 Å². The number of thiophene rings is 1. The minimum absolute atomic E-state index is 0.410. The summed E-state index contributed by atoms with van der Waals surface area (Å²) < 4.78 is 0. The van der Waals surface area contributed by atoms with Crippen LogP contribution in [0.15, 0.2) is 35.7 Å². The predicted molar refractivity (Wildman–Crippen MR) is 74.2 cm³/mol. The number of hydrogen-bond acceptors (Lipinski definition) is 2. The Bertz CT molecular complexity index is 482. The summed E-state index contributed by atoms with van der Waals surface area (Å²) in [5, 5.41) is 13.2. The van der Waals surface area contributed by atoms with Gasteiger partial charge in [0.15, 0.2) is 0 Å². The zero-order chi connectivity index (χ0) is 12.3. The molecular weight excluding hydrogens is 275 g/mol. The average molecular weight is 287 g/mol. The highest BCUT2D eigenvalue weighted by atomic mass is 35.5. The lowest BCUT2D eigenvalue weighted by molar-refractivity contribution is 0.176. The molecule has 1 atom stereocenters. The van der Waals surface area contributed by atoms with E-state index in [1.807, 2.05) is 23.6 Å². The highest BCUT2D eigenvalue weighted by molar-refractivity contribution is 7.09. The van der Waals surface area contributed by atoms with Gasteiger partial charge in [-0.1, -0.05) is 35.3 Å². The van der Waals surface area contributed by atoms with Crippen molar-refractivity contribution in [2.75, 3.05) is 0 Å². The molecule has 0 aliphatic carbocycles. The number of halogens is 2. The lowest BCUT2D eigenvalue weighted by atomic mass is 10.1. The molecule has 2 rings (SSSR count). The molecule has 0 amide bonds. The van der Waals surface area contributed by atoms with Crippen LogP contribution in [0.2, 0.25) is 10.0 Å². The molecule has 4 heteroatoms. The fraction of sp³-hybridized carbons (Fsp3) is 0.231. The first-order valence-corrected chi connectivity index (χ1v) is 6.93. The standard InChI is InChI=1S/C13H12Cl2OS/c14-10-4-3-9(13(15)7-10)6-11(16)8-12-2-1-5-17-12/h1-5,7,11,16H,6,8H2. The molecule has 0 aliphatic rings. The number of rotatable bonds is 4. The fourth-order valence-electron chi connectivity index (χ4n) is 1.67. The third kappa shape index (κ3) is 3.71.